The molecule has 0 aliphatic heterocycles. The summed E-state index contributed by atoms with van der Waals surface area (Å²) >= 11 is 12.0. The number of nitrogens with zero attached hydrogens (tertiary/aromatic N) is 2. The van der Waals surface area contributed by atoms with Crippen molar-refractivity contribution in [2.45, 2.75) is 13.5 Å². The zero-order chi connectivity index (χ0) is 24.1. The molecular formula is C25H21Cl2N3O4. The van der Waals surface area contributed by atoms with Gasteiger partial charge in [0.25, 0.3) is 0 Å². The standard InChI is InChI=1S/C25H21Cl2N3O4/c1-2-32-21-5-3-4-6-22(21)34-23-13-29-25(28)30-24(23)17-9-8-16(12-20(17)31)33-14-15-7-10-18(26)19(27)11-15/h3-13,31H,2,14H2,1H3,(H2,28,29,30). The van der Waals surface area contributed by atoms with Gasteiger partial charge < -0.3 is 25.1 Å². The Morgan fingerprint density at radius 1 is 0.912 bits per heavy atom. The lowest BCUT2D eigenvalue weighted by atomic mass is 10.1. The van der Waals surface area contributed by atoms with Gasteiger partial charge in [0.05, 0.1) is 22.8 Å². The van der Waals surface area contributed by atoms with Crippen LogP contribution < -0.4 is 19.9 Å². The number of para-hydroxylation sites is 2. The van der Waals surface area contributed by atoms with Gasteiger partial charge in [0.1, 0.15) is 23.8 Å². The van der Waals surface area contributed by atoms with Gasteiger partial charge in [-0.15, -0.1) is 0 Å². The summed E-state index contributed by atoms with van der Waals surface area (Å²) in [6, 6.07) is 17.4. The van der Waals surface area contributed by atoms with E-state index >= 15 is 0 Å². The Labute approximate surface area is 206 Å². The third-order valence-electron chi connectivity index (χ3n) is 4.76. The fourth-order valence-electron chi connectivity index (χ4n) is 3.18. The largest absolute Gasteiger partial charge is 0.507 e. The number of nitrogens with two attached hydrogens (primary N) is 1. The molecule has 0 fully saturated rings. The quantitative estimate of drug-likeness (QED) is 0.286. The number of benzene rings is 3. The number of phenolic OH excluding ortho intramolecular Hbond substituents is 1. The van der Waals surface area contributed by atoms with Crippen molar-refractivity contribution in [3.05, 3.63) is 82.5 Å². The van der Waals surface area contributed by atoms with Gasteiger partial charge in [-0.3, -0.25) is 0 Å². The van der Waals surface area contributed by atoms with Crippen LogP contribution in [0.25, 0.3) is 11.3 Å². The molecule has 0 unspecified atom stereocenters. The van der Waals surface area contributed by atoms with Crippen molar-refractivity contribution in [3.8, 4) is 40.0 Å². The normalized spacial score (nSPS) is 10.7. The Balaban J connectivity index is 1.59. The molecule has 7 nitrogen and oxygen atoms in total. The third-order valence-corrected chi connectivity index (χ3v) is 5.50. The molecule has 1 aromatic heterocycles. The van der Waals surface area contributed by atoms with Crippen molar-refractivity contribution in [2.24, 2.45) is 0 Å². The van der Waals surface area contributed by atoms with Gasteiger partial charge in [0, 0.05) is 11.6 Å². The zero-order valence-electron chi connectivity index (χ0n) is 18.2. The van der Waals surface area contributed by atoms with Gasteiger partial charge >= 0.3 is 0 Å². The number of nitrogen functional groups attached to an aromatic ring is 1. The number of halogens is 2. The maximum Gasteiger partial charge on any atom is 0.220 e. The molecule has 0 saturated heterocycles. The molecule has 174 valence electrons. The van der Waals surface area contributed by atoms with E-state index in [1.807, 2.05) is 25.1 Å². The molecule has 4 rings (SSSR count). The number of phenols is 1. The number of aromatic hydroxyl groups is 1. The molecule has 0 amide bonds. The molecule has 4 aromatic rings. The minimum Gasteiger partial charge on any atom is -0.507 e. The molecule has 9 heteroatoms. The molecule has 0 spiro atoms. The Hall–Kier alpha value is -3.68. The third kappa shape index (κ3) is 5.44. The number of anilines is 1. The van der Waals surface area contributed by atoms with Crippen LogP contribution in [0.1, 0.15) is 12.5 Å². The van der Waals surface area contributed by atoms with E-state index in [0.29, 0.717) is 50.9 Å². The first-order chi connectivity index (χ1) is 16.4. The van der Waals surface area contributed by atoms with Gasteiger partial charge in [0.15, 0.2) is 17.2 Å². The predicted molar refractivity (Wildman–Crippen MR) is 132 cm³/mol. The first kappa shape index (κ1) is 23.5. The second-order valence-electron chi connectivity index (χ2n) is 7.14. The average Bonchev–Trinajstić information content (AvgIpc) is 2.82. The van der Waals surface area contributed by atoms with E-state index in [9.17, 15) is 5.11 Å². The number of aromatic nitrogens is 2. The zero-order valence-corrected chi connectivity index (χ0v) is 19.7. The lowest BCUT2D eigenvalue weighted by Crippen LogP contribution is -2.01. The molecule has 1 heterocycles. The molecule has 34 heavy (non-hydrogen) atoms. The summed E-state index contributed by atoms with van der Waals surface area (Å²) < 4.78 is 17.4. The average molecular weight is 498 g/mol. The Morgan fingerprint density at radius 3 is 2.44 bits per heavy atom. The second kappa shape index (κ2) is 10.5. The highest BCUT2D eigenvalue weighted by molar-refractivity contribution is 6.42. The fourth-order valence-corrected chi connectivity index (χ4v) is 3.50. The van der Waals surface area contributed by atoms with Crippen LogP contribution in [-0.2, 0) is 6.61 Å². The fraction of sp³-hybridized carbons (Fsp3) is 0.120. The summed E-state index contributed by atoms with van der Waals surface area (Å²) in [5.41, 5.74) is 7.39. The van der Waals surface area contributed by atoms with E-state index in [2.05, 4.69) is 9.97 Å². The van der Waals surface area contributed by atoms with Crippen molar-refractivity contribution in [3.63, 3.8) is 0 Å². The maximum atomic E-state index is 10.7. The van der Waals surface area contributed by atoms with E-state index in [0.717, 1.165) is 5.56 Å². The van der Waals surface area contributed by atoms with Gasteiger partial charge in [-0.05, 0) is 48.9 Å². The van der Waals surface area contributed by atoms with Crippen LogP contribution in [0, 0.1) is 0 Å². The Morgan fingerprint density at radius 2 is 1.71 bits per heavy atom. The topological polar surface area (TPSA) is 99.7 Å². The van der Waals surface area contributed by atoms with Gasteiger partial charge in [-0.2, -0.15) is 0 Å². The minimum absolute atomic E-state index is 0.0415. The summed E-state index contributed by atoms with van der Waals surface area (Å²) in [4.78, 5) is 8.33. The van der Waals surface area contributed by atoms with Crippen molar-refractivity contribution >= 4 is 29.2 Å². The van der Waals surface area contributed by atoms with Crippen LogP contribution in [0.5, 0.6) is 28.7 Å². The lowest BCUT2D eigenvalue weighted by molar-refractivity contribution is 0.304. The van der Waals surface area contributed by atoms with Crippen LogP contribution in [0.2, 0.25) is 10.0 Å². The van der Waals surface area contributed by atoms with E-state index in [1.165, 1.54) is 12.3 Å². The van der Waals surface area contributed by atoms with Crippen LogP contribution in [0.4, 0.5) is 5.95 Å². The maximum absolute atomic E-state index is 10.7. The summed E-state index contributed by atoms with van der Waals surface area (Å²) in [7, 11) is 0. The number of hydrogen-bond donors (Lipinski definition) is 2. The van der Waals surface area contributed by atoms with Crippen LogP contribution >= 0.6 is 23.2 Å². The number of rotatable bonds is 8. The van der Waals surface area contributed by atoms with E-state index < -0.39 is 0 Å². The first-order valence-corrected chi connectivity index (χ1v) is 11.1. The molecule has 0 aliphatic rings. The summed E-state index contributed by atoms with van der Waals surface area (Å²) in [5.74, 6) is 1.80. The van der Waals surface area contributed by atoms with Crippen LogP contribution in [-0.4, -0.2) is 21.7 Å². The van der Waals surface area contributed by atoms with Gasteiger partial charge in [-0.1, -0.05) is 41.4 Å². The molecular weight excluding hydrogens is 477 g/mol. The van der Waals surface area contributed by atoms with Crippen LogP contribution in [0.15, 0.2) is 66.9 Å². The molecule has 0 radical (unpaired) electrons. The SMILES string of the molecule is CCOc1ccccc1Oc1cnc(N)nc1-c1ccc(OCc2ccc(Cl)c(Cl)c2)cc1O. The minimum atomic E-state index is -0.0623. The monoisotopic (exact) mass is 497 g/mol. The van der Waals surface area contributed by atoms with Crippen molar-refractivity contribution < 1.29 is 19.3 Å². The van der Waals surface area contributed by atoms with Gasteiger partial charge in [-0.25, -0.2) is 9.97 Å². The van der Waals surface area contributed by atoms with Crippen molar-refractivity contribution in [1.29, 1.82) is 0 Å². The van der Waals surface area contributed by atoms with E-state index in [4.69, 9.17) is 43.1 Å². The number of ether oxygens (including phenoxy) is 3. The molecule has 3 aromatic carbocycles. The molecule has 0 atom stereocenters. The van der Waals surface area contributed by atoms with Crippen molar-refractivity contribution in [2.75, 3.05) is 12.3 Å². The Kier molecular flexibility index (Phi) is 7.25. The number of hydrogen-bond acceptors (Lipinski definition) is 7. The smallest absolute Gasteiger partial charge is 0.220 e. The second-order valence-corrected chi connectivity index (χ2v) is 7.95. The van der Waals surface area contributed by atoms with E-state index in [-0.39, 0.29) is 18.3 Å². The Bertz CT molecular complexity index is 1320. The predicted octanol–water partition coefficient (Wildman–Crippen LogP) is 6.51. The lowest BCUT2D eigenvalue weighted by Gasteiger charge is -2.15. The summed E-state index contributed by atoms with van der Waals surface area (Å²) in [6.45, 7) is 2.62. The van der Waals surface area contributed by atoms with Gasteiger partial charge in [0.2, 0.25) is 5.95 Å². The van der Waals surface area contributed by atoms with Crippen LogP contribution in [0.3, 0.4) is 0 Å². The molecule has 0 aliphatic carbocycles. The summed E-state index contributed by atoms with van der Waals surface area (Å²) in [5, 5.41) is 11.7. The molecule has 3 N–H and O–H groups in total. The highest BCUT2D eigenvalue weighted by Gasteiger charge is 2.17. The highest BCUT2D eigenvalue weighted by atomic mass is 35.5. The summed E-state index contributed by atoms with van der Waals surface area (Å²) in [6.07, 6.45) is 1.45. The molecule has 0 saturated carbocycles. The first-order valence-electron chi connectivity index (χ1n) is 10.4. The highest BCUT2D eigenvalue weighted by Crippen LogP contribution is 2.40. The van der Waals surface area contributed by atoms with E-state index in [1.54, 1.807) is 36.4 Å². The molecule has 0 bridgehead atoms. The van der Waals surface area contributed by atoms with Crippen molar-refractivity contribution in [1.82, 2.24) is 9.97 Å².